The first-order valence-corrected chi connectivity index (χ1v) is 9.19. The molecule has 2 nitrogen and oxygen atoms in total. The van der Waals surface area contributed by atoms with Gasteiger partial charge in [-0.3, -0.25) is 0 Å². The van der Waals surface area contributed by atoms with Gasteiger partial charge in [-0.05, 0) is 40.8 Å². The van der Waals surface area contributed by atoms with Crippen molar-refractivity contribution in [3.63, 3.8) is 0 Å². The van der Waals surface area contributed by atoms with Crippen molar-refractivity contribution in [1.29, 1.82) is 0 Å². The Morgan fingerprint density at radius 2 is 1.30 bits per heavy atom. The normalized spacial score (nSPS) is 16.4. The lowest BCUT2D eigenvalue weighted by atomic mass is 9.85. The lowest BCUT2D eigenvalue weighted by molar-refractivity contribution is 0.580. The summed E-state index contributed by atoms with van der Waals surface area (Å²) in [4.78, 5) is 0.388. The van der Waals surface area contributed by atoms with E-state index >= 15 is 0 Å². The Labute approximate surface area is 136 Å². The Balaban J connectivity index is 1.92. The minimum atomic E-state index is -3.42. The molecule has 0 saturated carbocycles. The third-order valence-electron chi connectivity index (χ3n) is 4.47. The Hall–Kier alpha value is -2.39. The lowest BCUT2D eigenvalue weighted by Crippen LogP contribution is -2.20. The summed E-state index contributed by atoms with van der Waals surface area (Å²) < 4.78 is 26.3. The average molecular weight is 320 g/mol. The average Bonchev–Trinajstić information content (AvgIpc) is 2.62. The molecule has 0 aliphatic heterocycles. The first-order chi connectivity index (χ1) is 11.2. The van der Waals surface area contributed by atoms with Crippen LogP contribution in [0.15, 0.2) is 83.8 Å². The maximum Gasteiger partial charge on any atom is 0.185 e. The molecule has 1 atom stereocenters. The van der Waals surface area contributed by atoms with Gasteiger partial charge in [-0.2, -0.15) is 0 Å². The van der Waals surface area contributed by atoms with Crippen molar-refractivity contribution in [3.8, 4) is 11.1 Å². The third-order valence-corrected chi connectivity index (χ3v) is 6.57. The summed E-state index contributed by atoms with van der Waals surface area (Å²) in [5.41, 5.74) is 4.16. The smallest absolute Gasteiger partial charge is 0.185 e. The van der Waals surface area contributed by atoms with Crippen LogP contribution in [0, 0.1) is 0 Å². The van der Waals surface area contributed by atoms with Crippen LogP contribution in [0.5, 0.6) is 0 Å². The van der Waals surface area contributed by atoms with Crippen molar-refractivity contribution < 1.29 is 8.42 Å². The van der Waals surface area contributed by atoms with E-state index in [0.29, 0.717) is 11.3 Å². The van der Waals surface area contributed by atoms with Crippen LogP contribution >= 0.6 is 0 Å². The zero-order chi connectivity index (χ0) is 15.9. The van der Waals surface area contributed by atoms with Crippen LogP contribution in [-0.2, 0) is 16.3 Å². The van der Waals surface area contributed by atoms with Gasteiger partial charge in [0.2, 0.25) is 0 Å². The molecular weight excluding hydrogens is 304 g/mol. The first kappa shape index (κ1) is 14.2. The topological polar surface area (TPSA) is 34.1 Å². The second-order valence-corrected chi connectivity index (χ2v) is 7.93. The van der Waals surface area contributed by atoms with Crippen LogP contribution in [0.1, 0.15) is 16.4 Å². The van der Waals surface area contributed by atoms with Gasteiger partial charge in [-0.1, -0.05) is 66.7 Å². The van der Waals surface area contributed by atoms with Crippen molar-refractivity contribution >= 4 is 9.84 Å². The van der Waals surface area contributed by atoms with E-state index in [9.17, 15) is 8.42 Å². The van der Waals surface area contributed by atoms with Crippen molar-refractivity contribution in [2.45, 2.75) is 16.6 Å². The zero-order valence-corrected chi connectivity index (χ0v) is 13.3. The number of hydrogen-bond acceptors (Lipinski definition) is 2. The van der Waals surface area contributed by atoms with Crippen LogP contribution in [0.4, 0.5) is 0 Å². The summed E-state index contributed by atoms with van der Waals surface area (Å²) in [5, 5.41) is -0.531. The quantitative estimate of drug-likeness (QED) is 0.700. The maximum absolute atomic E-state index is 13.2. The summed E-state index contributed by atoms with van der Waals surface area (Å²) in [6.45, 7) is 0. The van der Waals surface area contributed by atoms with Gasteiger partial charge in [0.25, 0.3) is 0 Å². The lowest BCUT2D eigenvalue weighted by Gasteiger charge is -2.27. The second kappa shape index (κ2) is 5.36. The van der Waals surface area contributed by atoms with E-state index in [1.807, 2.05) is 48.5 Å². The molecule has 0 amide bonds. The summed E-state index contributed by atoms with van der Waals surface area (Å²) in [5.74, 6) is 0. The third kappa shape index (κ3) is 2.28. The van der Waals surface area contributed by atoms with E-state index in [0.717, 1.165) is 22.3 Å². The molecule has 23 heavy (non-hydrogen) atoms. The van der Waals surface area contributed by atoms with Crippen LogP contribution in [0.25, 0.3) is 11.1 Å². The number of sulfone groups is 1. The fourth-order valence-electron chi connectivity index (χ4n) is 3.35. The largest absolute Gasteiger partial charge is 0.223 e. The number of benzene rings is 3. The van der Waals surface area contributed by atoms with Gasteiger partial charge in [0.1, 0.15) is 0 Å². The highest BCUT2D eigenvalue weighted by Crippen LogP contribution is 2.43. The van der Waals surface area contributed by atoms with E-state index in [2.05, 4.69) is 6.07 Å². The predicted molar refractivity (Wildman–Crippen MR) is 92.0 cm³/mol. The molecule has 0 N–H and O–H groups in total. The molecule has 0 aromatic heterocycles. The second-order valence-electron chi connectivity index (χ2n) is 5.80. The summed E-state index contributed by atoms with van der Waals surface area (Å²) in [6, 6.07) is 24.6. The van der Waals surface area contributed by atoms with E-state index < -0.39 is 15.1 Å². The molecule has 3 heteroatoms. The SMILES string of the molecule is O=S(=O)(c1ccccc1)C1Cc2ccccc2-c2ccccc21. The molecule has 1 unspecified atom stereocenters. The van der Waals surface area contributed by atoms with Crippen LogP contribution in [-0.4, -0.2) is 8.42 Å². The highest BCUT2D eigenvalue weighted by Gasteiger charge is 2.34. The maximum atomic E-state index is 13.2. The summed E-state index contributed by atoms with van der Waals surface area (Å²) in [7, 11) is -3.42. The fraction of sp³-hybridized carbons (Fsp3) is 0.100. The summed E-state index contributed by atoms with van der Waals surface area (Å²) >= 11 is 0. The number of hydrogen-bond donors (Lipinski definition) is 0. The predicted octanol–water partition coefficient (Wildman–Crippen LogP) is 4.42. The van der Waals surface area contributed by atoms with E-state index in [4.69, 9.17) is 0 Å². The minimum absolute atomic E-state index is 0.388. The molecule has 0 saturated heterocycles. The molecular formula is C20H16O2S. The monoisotopic (exact) mass is 320 g/mol. The van der Waals surface area contributed by atoms with Crippen molar-refractivity contribution in [3.05, 3.63) is 90.0 Å². The Bertz CT molecular complexity index is 960. The molecule has 3 aromatic carbocycles. The van der Waals surface area contributed by atoms with Gasteiger partial charge in [0.05, 0.1) is 10.1 Å². The van der Waals surface area contributed by atoms with Gasteiger partial charge >= 0.3 is 0 Å². The van der Waals surface area contributed by atoms with E-state index in [1.54, 1.807) is 24.3 Å². The van der Waals surface area contributed by atoms with Crippen molar-refractivity contribution in [1.82, 2.24) is 0 Å². The Kier molecular flexibility index (Phi) is 3.31. The molecule has 0 radical (unpaired) electrons. The van der Waals surface area contributed by atoms with Crippen molar-refractivity contribution in [2.24, 2.45) is 0 Å². The first-order valence-electron chi connectivity index (χ1n) is 7.64. The Morgan fingerprint density at radius 1 is 0.696 bits per heavy atom. The minimum Gasteiger partial charge on any atom is -0.223 e. The molecule has 0 bridgehead atoms. The standard InChI is InChI=1S/C20H16O2S/c21-23(22,16-9-2-1-3-10-16)20-14-15-8-4-5-11-17(15)18-12-6-7-13-19(18)20/h1-13,20H,14H2. The van der Waals surface area contributed by atoms with Crippen molar-refractivity contribution in [2.75, 3.05) is 0 Å². The highest BCUT2D eigenvalue weighted by atomic mass is 32.2. The molecule has 0 spiro atoms. The number of rotatable bonds is 2. The van der Waals surface area contributed by atoms with Gasteiger partial charge in [0, 0.05) is 0 Å². The van der Waals surface area contributed by atoms with Gasteiger partial charge in [-0.25, -0.2) is 8.42 Å². The van der Waals surface area contributed by atoms with E-state index in [1.165, 1.54) is 0 Å². The van der Waals surface area contributed by atoms with Gasteiger partial charge in [-0.15, -0.1) is 0 Å². The van der Waals surface area contributed by atoms with Gasteiger partial charge in [0.15, 0.2) is 9.84 Å². The number of fused-ring (bicyclic) bond motifs is 3. The molecule has 0 fully saturated rings. The fourth-order valence-corrected chi connectivity index (χ4v) is 5.15. The van der Waals surface area contributed by atoms with Crippen LogP contribution in [0.2, 0.25) is 0 Å². The molecule has 3 aromatic rings. The highest BCUT2D eigenvalue weighted by molar-refractivity contribution is 7.91. The van der Waals surface area contributed by atoms with Gasteiger partial charge < -0.3 is 0 Å². The molecule has 4 rings (SSSR count). The molecule has 114 valence electrons. The van der Waals surface area contributed by atoms with Crippen LogP contribution in [0.3, 0.4) is 0 Å². The zero-order valence-electron chi connectivity index (χ0n) is 12.5. The molecule has 0 heterocycles. The molecule has 1 aliphatic carbocycles. The van der Waals surface area contributed by atoms with Crippen LogP contribution < -0.4 is 0 Å². The van der Waals surface area contributed by atoms with E-state index in [-0.39, 0.29) is 0 Å². The molecule has 1 aliphatic rings. The summed E-state index contributed by atoms with van der Waals surface area (Å²) in [6.07, 6.45) is 0.518. The Morgan fingerprint density at radius 3 is 2.09 bits per heavy atom.